The van der Waals surface area contributed by atoms with E-state index >= 15 is 0 Å². The molecule has 1 fully saturated rings. The SMILES string of the molecule is COc1ccc(N2CCN(C(=O)CNC(=O)COc3ccccc3)CC2)cc1. The minimum Gasteiger partial charge on any atom is -0.497 e. The minimum absolute atomic E-state index is 0.0144. The van der Waals surface area contributed by atoms with Crippen molar-refractivity contribution >= 4 is 17.5 Å². The number of benzene rings is 2. The quantitative estimate of drug-likeness (QED) is 0.785. The predicted octanol–water partition coefficient (Wildman–Crippen LogP) is 1.54. The molecule has 2 amide bonds. The number of hydrogen-bond donors (Lipinski definition) is 1. The van der Waals surface area contributed by atoms with Gasteiger partial charge in [-0.05, 0) is 36.4 Å². The Morgan fingerprint density at radius 1 is 0.929 bits per heavy atom. The number of para-hydroxylation sites is 1. The molecule has 1 N–H and O–H groups in total. The molecule has 0 aliphatic carbocycles. The maximum Gasteiger partial charge on any atom is 0.258 e. The van der Waals surface area contributed by atoms with Crippen LogP contribution in [0.25, 0.3) is 0 Å². The van der Waals surface area contributed by atoms with Gasteiger partial charge in [0.05, 0.1) is 13.7 Å². The van der Waals surface area contributed by atoms with Crippen molar-refractivity contribution in [3.63, 3.8) is 0 Å². The normalized spacial score (nSPS) is 13.8. The number of anilines is 1. The molecule has 0 unspecified atom stereocenters. The van der Waals surface area contributed by atoms with Crippen molar-refractivity contribution in [1.29, 1.82) is 0 Å². The molecule has 1 heterocycles. The largest absolute Gasteiger partial charge is 0.497 e. The highest BCUT2D eigenvalue weighted by Crippen LogP contribution is 2.20. The molecule has 2 aromatic carbocycles. The Morgan fingerprint density at radius 3 is 2.25 bits per heavy atom. The van der Waals surface area contributed by atoms with E-state index in [0.717, 1.165) is 24.5 Å². The monoisotopic (exact) mass is 383 g/mol. The van der Waals surface area contributed by atoms with Gasteiger partial charge in [0, 0.05) is 31.9 Å². The summed E-state index contributed by atoms with van der Waals surface area (Å²) in [6.45, 7) is 2.64. The summed E-state index contributed by atoms with van der Waals surface area (Å²) in [6, 6.07) is 17.0. The number of ether oxygens (including phenoxy) is 2. The zero-order chi connectivity index (χ0) is 19.8. The fourth-order valence-electron chi connectivity index (χ4n) is 3.01. The van der Waals surface area contributed by atoms with Gasteiger partial charge in [-0.3, -0.25) is 9.59 Å². The predicted molar refractivity (Wildman–Crippen MR) is 107 cm³/mol. The maximum absolute atomic E-state index is 12.3. The van der Waals surface area contributed by atoms with Gasteiger partial charge in [0.25, 0.3) is 5.91 Å². The van der Waals surface area contributed by atoms with E-state index in [1.165, 1.54) is 0 Å². The fourth-order valence-corrected chi connectivity index (χ4v) is 3.01. The van der Waals surface area contributed by atoms with Gasteiger partial charge in [-0.1, -0.05) is 18.2 Å². The molecule has 0 bridgehead atoms. The molecule has 0 spiro atoms. The van der Waals surface area contributed by atoms with E-state index in [4.69, 9.17) is 9.47 Å². The van der Waals surface area contributed by atoms with E-state index < -0.39 is 0 Å². The average Bonchev–Trinajstić information content (AvgIpc) is 2.77. The van der Waals surface area contributed by atoms with Crippen molar-refractivity contribution in [2.45, 2.75) is 0 Å². The minimum atomic E-state index is -0.311. The summed E-state index contributed by atoms with van der Waals surface area (Å²) >= 11 is 0. The van der Waals surface area contributed by atoms with E-state index in [1.54, 1.807) is 24.1 Å². The van der Waals surface area contributed by atoms with E-state index in [1.807, 2.05) is 42.5 Å². The standard InChI is InChI=1S/C21H25N3O4/c1-27-18-9-7-17(8-10-18)23-11-13-24(14-12-23)21(26)15-22-20(25)16-28-19-5-3-2-4-6-19/h2-10H,11-16H2,1H3,(H,22,25). The van der Waals surface area contributed by atoms with Crippen LogP contribution in [0.3, 0.4) is 0 Å². The lowest BCUT2D eigenvalue weighted by molar-refractivity contribution is -0.133. The summed E-state index contributed by atoms with van der Waals surface area (Å²) in [5.41, 5.74) is 1.11. The van der Waals surface area contributed by atoms with E-state index in [-0.39, 0.29) is 25.0 Å². The van der Waals surface area contributed by atoms with Crippen molar-refractivity contribution < 1.29 is 19.1 Å². The lowest BCUT2D eigenvalue weighted by Gasteiger charge is -2.36. The van der Waals surface area contributed by atoms with Gasteiger partial charge < -0.3 is 24.6 Å². The Hall–Kier alpha value is -3.22. The van der Waals surface area contributed by atoms with Crippen molar-refractivity contribution in [2.24, 2.45) is 0 Å². The van der Waals surface area contributed by atoms with Crippen LogP contribution in [0.5, 0.6) is 11.5 Å². The van der Waals surface area contributed by atoms with Crippen LogP contribution in [0.1, 0.15) is 0 Å². The van der Waals surface area contributed by atoms with Crippen LogP contribution in [0.2, 0.25) is 0 Å². The Bertz CT molecular complexity index is 772. The van der Waals surface area contributed by atoms with Crippen molar-refractivity contribution in [1.82, 2.24) is 10.2 Å². The Balaban J connectivity index is 1.38. The molecule has 0 aromatic heterocycles. The fraction of sp³-hybridized carbons (Fsp3) is 0.333. The van der Waals surface area contributed by atoms with E-state index in [2.05, 4.69) is 10.2 Å². The summed E-state index contributed by atoms with van der Waals surface area (Å²) in [5, 5.41) is 2.62. The number of carbonyl (C=O) groups is 2. The highest BCUT2D eigenvalue weighted by atomic mass is 16.5. The summed E-state index contributed by atoms with van der Waals surface area (Å²) in [4.78, 5) is 28.2. The number of hydrogen-bond acceptors (Lipinski definition) is 5. The number of piperazine rings is 1. The Morgan fingerprint density at radius 2 is 1.61 bits per heavy atom. The Labute approximate surface area is 164 Å². The molecule has 0 saturated carbocycles. The van der Waals surface area contributed by atoms with Gasteiger partial charge in [-0.25, -0.2) is 0 Å². The third-order valence-corrected chi connectivity index (χ3v) is 4.62. The average molecular weight is 383 g/mol. The van der Waals surface area contributed by atoms with E-state index in [0.29, 0.717) is 18.8 Å². The van der Waals surface area contributed by atoms with Crippen molar-refractivity contribution in [3.8, 4) is 11.5 Å². The summed E-state index contributed by atoms with van der Waals surface area (Å²) in [6.07, 6.45) is 0. The molecule has 1 saturated heterocycles. The third kappa shape index (κ3) is 5.39. The first-order valence-electron chi connectivity index (χ1n) is 9.27. The molecule has 1 aliphatic rings. The van der Waals surface area contributed by atoms with Gasteiger partial charge in [-0.15, -0.1) is 0 Å². The first-order valence-corrected chi connectivity index (χ1v) is 9.27. The topological polar surface area (TPSA) is 71.1 Å². The molecule has 148 valence electrons. The van der Waals surface area contributed by atoms with Crippen LogP contribution >= 0.6 is 0 Å². The van der Waals surface area contributed by atoms with Gasteiger partial charge in [-0.2, -0.15) is 0 Å². The molecule has 0 atom stereocenters. The molecule has 3 rings (SSSR count). The Kier molecular flexibility index (Phi) is 6.73. The van der Waals surface area contributed by atoms with Crippen molar-refractivity contribution in [3.05, 3.63) is 54.6 Å². The third-order valence-electron chi connectivity index (χ3n) is 4.62. The molecule has 7 nitrogen and oxygen atoms in total. The number of methoxy groups -OCH3 is 1. The highest BCUT2D eigenvalue weighted by Gasteiger charge is 2.21. The number of amides is 2. The van der Waals surface area contributed by atoms with Crippen LogP contribution in [0.15, 0.2) is 54.6 Å². The second kappa shape index (κ2) is 9.64. The zero-order valence-electron chi connectivity index (χ0n) is 16.0. The smallest absolute Gasteiger partial charge is 0.258 e. The molecular weight excluding hydrogens is 358 g/mol. The molecule has 0 radical (unpaired) electrons. The molecule has 1 aliphatic heterocycles. The van der Waals surface area contributed by atoms with Crippen LogP contribution in [-0.4, -0.2) is 63.2 Å². The van der Waals surface area contributed by atoms with Gasteiger partial charge in [0.15, 0.2) is 6.61 Å². The first-order chi connectivity index (χ1) is 13.7. The first kappa shape index (κ1) is 19.5. The number of rotatable bonds is 7. The molecule has 2 aromatic rings. The maximum atomic E-state index is 12.3. The van der Waals surface area contributed by atoms with Crippen LogP contribution in [-0.2, 0) is 9.59 Å². The van der Waals surface area contributed by atoms with Gasteiger partial charge in [0.2, 0.25) is 5.91 Å². The van der Waals surface area contributed by atoms with E-state index in [9.17, 15) is 9.59 Å². The number of carbonyl (C=O) groups excluding carboxylic acids is 2. The lowest BCUT2D eigenvalue weighted by Crippen LogP contribution is -2.51. The van der Waals surface area contributed by atoms with Crippen LogP contribution in [0, 0.1) is 0 Å². The lowest BCUT2D eigenvalue weighted by atomic mass is 10.2. The number of nitrogens with zero attached hydrogens (tertiary/aromatic N) is 2. The summed E-state index contributed by atoms with van der Waals surface area (Å²) < 4.78 is 10.6. The second-order valence-corrected chi connectivity index (χ2v) is 6.44. The second-order valence-electron chi connectivity index (χ2n) is 6.44. The molecule has 7 heteroatoms. The molecule has 28 heavy (non-hydrogen) atoms. The van der Waals surface area contributed by atoms with Gasteiger partial charge >= 0.3 is 0 Å². The van der Waals surface area contributed by atoms with Crippen LogP contribution < -0.4 is 19.7 Å². The summed E-state index contributed by atoms with van der Waals surface area (Å²) in [5.74, 6) is 1.06. The summed E-state index contributed by atoms with van der Waals surface area (Å²) in [7, 11) is 1.64. The zero-order valence-corrected chi connectivity index (χ0v) is 16.0. The number of nitrogens with one attached hydrogen (secondary N) is 1. The van der Waals surface area contributed by atoms with Crippen LogP contribution in [0.4, 0.5) is 5.69 Å². The molecular formula is C21H25N3O4. The van der Waals surface area contributed by atoms with Crippen molar-refractivity contribution in [2.75, 3.05) is 51.3 Å². The van der Waals surface area contributed by atoms with Gasteiger partial charge in [0.1, 0.15) is 11.5 Å². The highest BCUT2D eigenvalue weighted by molar-refractivity contribution is 5.85.